The Morgan fingerprint density at radius 3 is 2.33 bits per heavy atom. The first-order chi connectivity index (χ1) is 32.7. The van der Waals surface area contributed by atoms with Crippen LogP contribution >= 0.6 is 11.8 Å². The lowest BCUT2D eigenvalue weighted by Gasteiger charge is -2.28. The second-order valence-electron chi connectivity index (χ2n) is 9.53. The minimum atomic E-state index is -5.28. The Labute approximate surface area is 317 Å². The summed E-state index contributed by atoms with van der Waals surface area (Å²) in [4.78, 5) is 32.8. The van der Waals surface area contributed by atoms with E-state index in [0.717, 1.165) is 20.8 Å². The van der Waals surface area contributed by atoms with Crippen LogP contribution in [0.4, 0.5) is 17.6 Å². The fourth-order valence-corrected chi connectivity index (χ4v) is 4.83. The molecule has 4 aromatic rings. The second-order valence-corrected chi connectivity index (χ2v) is 10.3. The summed E-state index contributed by atoms with van der Waals surface area (Å²) in [6.45, 7) is -10.8. The zero-order chi connectivity index (χ0) is 56.5. The van der Waals surface area contributed by atoms with Gasteiger partial charge in [0.1, 0.15) is 12.4 Å². The lowest BCUT2D eigenvalue weighted by molar-refractivity contribution is -0.138. The summed E-state index contributed by atoms with van der Waals surface area (Å²) in [6, 6.07) is -15.1. The molecule has 1 aliphatic rings. The first-order valence-electron chi connectivity index (χ1n) is 26.2. The molecule has 0 atom stereocenters. The molecule has 0 N–H and O–H groups in total. The highest BCUT2D eigenvalue weighted by Crippen LogP contribution is 2.34. The van der Waals surface area contributed by atoms with E-state index >= 15 is 4.79 Å². The van der Waals surface area contributed by atoms with Gasteiger partial charge in [0.05, 0.1) is 23.4 Å². The van der Waals surface area contributed by atoms with E-state index in [-0.39, 0.29) is 21.2 Å². The van der Waals surface area contributed by atoms with Gasteiger partial charge in [-0.2, -0.15) is 18.2 Å². The fraction of sp³-hybridized carbons (Fsp3) is 0.378. The summed E-state index contributed by atoms with van der Waals surface area (Å²) in [7, 11) is 0. The van der Waals surface area contributed by atoms with Crippen LogP contribution < -0.4 is 5.56 Å². The molecule has 1 aromatic heterocycles. The molecular formula is C37H40F4N4O2S. The minimum Gasteiger partial charge on any atom is -0.336 e. The number of carbonyl (C=O) groups is 1. The Morgan fingerprint density at radius 2 is 1.67 bits per heavy atom. The monoisotopic (exact) mass is 705 g/mol. The molecule has 0 saturated heterocycles. The zero-order valence-corrected chi connectivity index (χ0v) is 26.0. The van der Waals surface area contributed by atoms with Gasteiger partial charge in [-0.3, -0.25) is 9.59 Å². The maximum atomic E-state index is 15.1. The molecule has 1 heterocycles. The summed E-state index contributed by atoms with van der Waals surface area (Å²) in [6.07, 6.45) is -16.4. The molecule has 0 saturated carbocycles. The van der Waals surface area contributed by atoms with Gasteiger partial charge in [-0.1, -0.05) is 73.9 Å². The number of amides is 1. The molecule has 5 rings (SSSR count). The van der Waals surface area contributed by atoms with Crippen molar-refractivity contribution in [3.8, 4) is 11.1 Å². The number of aromatic nitrogens is 2. The number of nitrogens with zero attached hydrogens (tertiary/aromatic N) is 4. The van der Waals surface area contributed by atoms with Crippen LogP contribution in [0, 0.1) is 12.7 Å². The highest BCUT2D eigenvalue weighted by Gasteiger charge is 2.32. The molecule has 48 heavy (non-hydrogen) atoms. The van der Waals surface area contributed by atoms with Crippen molar-refractivity contribution in [1.29, 1.82) is 0 Å². The summed E-state index contributed by atoms with van der Waals surface area (Å²) >= 11 is -0.388. The lowest BCUT2D eigenvalue weighted by atomic mass is 9.98. The first kappa shape index (κ1) is 15.3. The molecule has 1 amide bonds. The number of carbonyl (C=O) groups excluding carboxylic acids is 1. The van der Waals surface area contributed by atoms with Crippen LogP contribution in [0.1, 0.15) is 88.0 Å². The van der Waals surface area contributed by atoms with E-state index in [1.165, 1.54) is 0 Å². The van der Waals surface area contributed by atoms with Crippen molar-refractivity contribution >= 4 is 17.7 Å². The molecule has 254 valence electrons. The minimum absolute atomic E-state index is 0.00137. The normalized spacial score (nSPS) is 24.7. The van der Waals surface area contributed by atoms with Gasteiger partial charge >= 0.3 is 6.18 Å². The van der Waals surface area contributed by atoms with E-state index in [4.69, 9.17) is 31.5 Å². The van der Waals surface area contributed by atoms with Gasteiger partial charge in [-0.05, 0) is 85.0 Å². The van der Waals surface area contributed by atoms with Gasteiger partial charge < -0.3 is 14.4 Å². The average molecular weight is 706 g/mol. The largest absolute Gasteiger partial charge is 0.416 e. The number of alkyl halides is 3. The van der Waals surface area contributed by atoms with E-state index < -0.39 is 204 Å². The van der Waals surface area contributed by atoms with Crippen molar-refractivity contribution in [3.63, 3.8) is 0 Å². The molecule has 0 aliphatic heterocycles. The number of hydrogen-bond donors (Lipinski definition) is 0. The molecule has 0 spiro atoms. The van der Waals surface area contributed by atoms with Crippen molar-refractivity contribution in [3.05, 3.63) is 116 Å². The third kappa shape index (κ3) is 8.54. The number of hydrogen-bond acceptors (Lipinski definition) is 5. The third-order valence-electron chi connectivity index (χ3n) is 6.44. The van der Waals surface area contributed by atoms with Crippen LogP contribution in [0.25, 0.3) is 11.1 Å². The molecule has 3 aromatic carbocycles. The molecule has 6 nitrogen and oxygen atoms in total. The summed E-state index contributed by atoms with van der Waals surface area (Å²) in [5.41, 5.74) is -15.4. The second kappa shape index (κ2) is 15.5. The van der Waals surface area contributed by atoms with Gasteiger partial charge in [-0.25, -0.2) is 4.39 Å². The van der Waals surface area contributed by atoms with Crippen molar-refractivity contribution < 1.29 is 56.6 Å². The Bertz CT molecular complexity index is 2930. The highest BCUT2D eigenvalue weighted by atomic mass is 32.2. The van der Waals surface area contributed by atoms with Crippen molar-refractivity contribution in [1.82, 2.24) is 19.4 Å². The van der Waals surface area contributed by atoms with Crippen LogP contribution in [0.2, 0.25) is 0 Å². The van der Waals surface area contributed by atoms with Crippen molar-refractivity contribution in [2.24, 2.45) is 0 Å². The summed E-state index contributed by atoms with van der Waals surface area (Å²) in [5.74, 6) is -3.52. The Balaban J connectivity index is 1.85. The number of halogens is 4. The lowest BCUT2D eigenvalue weighted by Crippen LogP contribution is -2.40. The maximum Gasteiger partial charge on any atom is 0.416 e. The average Bonchev–Trinajstić information content (AvgIpc) is 3.33. The Hall–Kier alpha value is -3.96. The fourth-order valence-electron chi connectivity index (χ4n) is 4.14. The maximum absolute atomic E-state index is 15.1. The van der Waals surface area contributed by atoms with Gasteiger partial charge in [0, 0.05) is 53.0 Å². The first-order valence-corrected chi connectivity index (χ1v) is 14.5. The van der Waals surface area contributed by atoms with Crippen LogP contribution in [0.3, 0.4) is 0 Å². The van der Waals surface area contributed by atoms with Crippen molar-refractivity contribution in [2.45, 2.75) is 70.0 Å². The van der Waals surface area contributed by atoms with Crippen molar-refractivity contribution in [2.75, 3.05) is 26.1 Å². The number of thioether (sulfide) groups is 1. The molecule has 11 heteroatoms. The predicted octanol–water partition coefficient (Wildman–Crippen LogP) is 7.53. The van der Waals surface area contributed by atoms with Gasteiger partial charge in [0.25, 0.3) is 5.56 Å². The highest BCUT2D eigenvalue weighted by molar-refractivity contribution is 7.98. The Kier molecular flexibility index (Phi) is 4.94. The van der Waals surface area contributed by atoms with Gasteiger partial charge in [-0.15, -0.1) is 0 Å². The molecule has 0 unspecified atom stereocenters. The number of rotatable bonds is 13. The molecule has 0 fully saturated rings. The van der Waals surface area contributed by atoms with Crippen LogP contribution in [-0.2, 0) is 42.5 Å². The Morgan fingerprint density at radius 1 is 1.00 bits per heavy atom. The van der Waals surface area contributed by atoms with Gasteiger partial charge in [0.15, 0.2) is 5.16 Å². The molecular weight excluding hydrogens is 640 g/mol. The molecule has 0 radical (unpaired) electrons. The summed E-state index contributed by atoms with van der Waals surface area (Å²) < 4.78 is 271. The zero-order valence-electron chi connectivity index (χ0n) is 50.1. The van der Waals surface area contributed by atoms with Gasteiger partial charge in [0.2, 0.25) is 5.91 Å². The summed E-state index contributed by atoms with van der Waals surface area (Å²) in [5, 5.41) is -1.23. The standard InChI is InChI=1S/C37H40F4N4O2S/c1-4-43(5-2)19-20-44(22-26-9-13-28(14-10-26)29-15-18-32(25(3)21-29)37(39,40)41)34(46)23-45-33-8-6-7-31(33)35(47)42-36(45)48-24-27-11-16-30(38)17-12-27/h9-18,21H,4-8,19-20,22-24H2,1-3H3/i4D2,5D2,6D2,7D2,8D2,9D,10D,11D,12D,13D,14D,15D,16D,17D,18D,21D,22D2,24D2. The number of benzene rings is 3. The quantitative estimate of drug-likeness (QED) is 0.0819. The van der Waals surface area contributed by atoms with E-state index in [1.807, 2.05) is 0 Å². The van der Waals surface area contributed by atoms with Crippen LogP contribution in [0.5, 0.6) is 0 Å². The SMILES string of the molecule is [2H]c1c([2H])c(C([2H])([2H])Sc2nc(=O)c3c(n2CC(=O)N(CCN(C([2H])([2H])C)C([2H])([2H])C)C([2H])([2H])c2c([2H])c([2H])c(-c4c([2H])c([2H])c(C(F)(F)F)c(C)c4[2H])c([2H])c2[2H])C([2H])([2H])C([2H])([2H])C3([2H])[2H])c([2H])c([2H])c1F. The topological polar surface area (TPSA) is 58.4 Å². The van der Waals surface area contributed by atoms with Crippen LogP contribution in [0.15, 0.2) is 76.4 Å². The smallest absolute Gasteiger partial charge is 0.336 e. The molecule has 0 bridgehead atoms. The van der Waals surface area contributed by atoms with E-state index in [2.05, 4.69) is 4.98 Å². The molecule has 1 aliphatic carbocycles. The van der Waals surface area contributed by atoms with E-state index in [1.54, 1.807) is 0 Å². The van der Waals surface area contributed by atoms with E-state index in [0.29, 0.717) is 4.90 Å². The number of likely N-dealkylation sites (N-methyl/N-ethyl adjacent to an activating group) is 1. The number of fused-ring (bicyclic) bond motifs is 1. The third-order valence-corrected chi connectivity index (χ3v) is 7.24. The van der Waals surface area contributed by atoms with E-state index in [9.17, 15) is 25.1 Å². The van der Waals surface area contributed by atoms with Crippen LogP contribution in [-0.4, -0.2) is 51.3 Å². The predicted molar refractivity (Wildman–Crippen MR) is 181 cm³/mol.